The molecule has 1 aliphatic rings. The number of Topliss-reactive ketones (excluding diaryl/α,β-unsaturated/α-hetero) is 1. The van der Waals surface area contributed by atoms with E-state index in [0.29, 0.717) is 35.1 Å². The molecule has 2 aromatic rings. The van der Waals surface area contributed by atoms with Gasteiger partial charge in [-0.3, -0.25) is 14.4 Å². The zero-order valence-electron chi connectivity index (χ0n) is 15.7. The van der Waals surface area contributed by atoms with Crippen molar-refractivity contribution in [2.45, 2.75) is 31.1 Å². The molecule has 5 nitrogen and oxygen atoms in total. The molecule has 7 heteroatoms. The van der Waals surface area contributed by atoms with Gasteiger partial charge in [-0.1, -0.05) is 41.9 Å². The average molecular weight is 420 g/mol. The van der Waals surface area contributed by atoms with E-state index in [1.807, 2.05) is 30.3 Å². The van der Waals surface area contributed by atoms with Crippen LogP contribution in [-0.2, 0) is 19.7 Å². The molecule has 1 fully saturated rings. The highest BCUT2D eigenvalue weighted by molar-refractivity contribution is 7.18. The van der Waals surface area contributed by atoms with E-state index in [9.17, 15) is 14.4 Å². The number of carbonyl (C=O) groups excluding carboxylic acids is 3. The Balaban J connectivity index is 1.61. The minimum atomic E-state index is -0.726. The van der Waals surface area contributed by atoms with Crippen molar-refractivity contribution < 1.29 is 19.1 Å². The number of amides is 1. The van der Waals surface area contributed by atoms with Crippen molar-refractivity contribution in [1.82, 2.24) is 4.90 Å². The second-order valence-electron chi connectivity index (χ2n) is 6.85. The number of thiophene rings is 1. The minimum absolute atomic E-state index is 0.0671. The predicted octanol–water partition coefficient (Wildman–Crippen LogP) is 4.10. The quantitative estimate of drug-likeness (QED) is 0.522. The highest BCUT2D eigenvalue weighted by Gasteiger charge is 2.44. The summed E-state index contributed by atoms with van der Waals surface area (Å²) >= 11 is 7.08. The summed E-state index contributed by atoms with van der Waals surface area (Å²) in [4.78, 5) is 39.6. The Morgan fingerprint density at radius 2 is 1.75 bits per heavy atom. The van der Waals surface area contributed by atoms with E-state index in [2.05, 4.69) is 0 Å². The number of likely N-dealkylation sites (tertiary alicyclic amines) is 1. The van der Waals surface area contributed by atoms with Gasteiger partial charge in [0.25, 0.3) is 0 Å². The Kier molecular flexibility index (Phi) is 6.52. The molecule has 1 amide bonds. The van der Waals surface area contributed by atoms with Crippen molar-refractivity contribution in [1.29, 1.82) is 0 Å². The number of nitrogens with zero attached hydrogens (tertiary/aromatic N) is 1. The maximum atomic E-state index is 12.6. The van der Waals surface area contributed by atoms with E-state index < -0.39 is 5.41 Å². The summed E-state index contributed by atoms with van der Waals surface area (Å²) in [6.45, 7) is 0.920. The molecule has 1 saturated heterocycles. The number of ether oxygens (including phenoxy) is 1. The fourth-order valence-corrected chi connectivity index (χ4v) is 4.68. The largest absolute Gasteiger partial charge is 0.468 e. The van der Waals surface area contributed by atoms with Crippen molar-refractivity contribution in [3.8, 4) is 0 Å². The Morgan fingerprint density at radius 1 is 1.07 bits per heavy atom. The zero-order chi connectivity index (χ0) is 20.1. The van der Waals surface area contributed by atoms with Crippen LogP contribution >= 0.6 is 22.9 Å². The Bertz CT molecular complexity index is 856. The van der Waals surface area contributed by atoms with E-state index in [1.54, 1.807) is 17.0 Å². The Hall–Kier alpha value is -2.18. The van der Waals surface area contributed by atoms with Crippen LogP contribution in [0.25, 0.3) is 0 Å². The third-order valence-corrected chi connectivity index (χ3v) is 6.56. The number of carbonyl (C=O) groups is 3. The van der Waals surface area contributed by atoms with Gasteiger partial charge in [0.2, 0.25) is 5.91 Å². The van der Waals surface area contributed by atoms with E-state index >= 15 is 0 Å². The molecule has 3 rings (SSSR count). The molecule has 0 aliphatic carbocycles. The second-order valence-corrected chi connectivity index (χ2v) is 8.56. The average Bonchev–Trinajstić information content (AvgIpc) is 3.18. The van der Waals surface area contributed by atoms with Crippen molar-refractivity contribution in [3.05, 3.63) is 57.2 Å². The SMILES string of the molecule is COC(=O)C1(c2ccccc2)CCN(C(=O)CCC(=O)c2ccc(Cl)s2)CC1. The van der Waals surface area contributed by atoms with Crippen LogP contribution in [0.5, 0.6) is 0 Å². The molecule has 0 unspecified atom stereocenters. The summed E-state index contributed by atoms with van der Waals surface area (Å²) < 4.78 is 5.64. The lowest BCUT2D eigenvalue weighted by atomic mass is 9.72. The van der Waals surface area contributed by atoms with Gasteiger partial charge in [0, 0.05) is 25.9 Å². The van der Waals surface area contributed by atoms with Crippen LogP contribution in [0.3, 0.4) is 0 Å². The van der Waals surface area contributed by atoms with Gasteiger partial charge in [-0.2, -0.15) is 0 Å². The van der Waals surface area contributed by atoms with Gasteiger partial charge in [0.1, 0.15) is 0 Å². The molecule has 0 radical (unpaired) electrons. The summed E-state index contributed by atoms with van der Waals surface area (Å²) in [5, 5.41) is 0. The van der Waals surface area contributed by atoms with Gasteiger partial charge >= 0.3 is 5.97 Å². The molecule has 1 aromatic heterocycles. The fraction of sp³-hybridized carbons (Fsp3) is 0.381. The number of ketones is 1. The first-order chi connectivity index (χ1) is 13.5. The summed E-state index contributed by atoms with van der Waals surface area (Å²) in [6.07, 6.45) is 1.33. The smallest absolute Gasteiger partial charge is 0.316 e. The number of hydrogen-bond donors (Lipinski definition) is 0. The topological polar surface area (TPSA) is 63.7 Å². The maximum absolute atomic E-state index is 12.6. The van der Waals surface area contributed by atoms with Crippen LogP contribution in [0, 0.1) is 0 Å². The monoisotopic (exact) mass is 419 g/mol. The molecule has 0 N–H and O–H groups in total. The number of benzene rings is 1. The lowest BCUT2D eigenvalue weighted by molar-refractivity contribution is -0.151. The van der Waals surface area contributed by atoms with Crippen molar-refractivity contribution >= 4 is 40.6 Å². The van der Waals surface area contributed by atoms with Crippen molar-refractivity contribution in [3.63, 3.8) is 0 Å². The van der Waals surface area contributed by atoms with Gasteiger partial charge in [-0.25, -0.2) is 0 Å². The van der Waals surface area contributed by atoms with E-state index in [0.717, 1.165) is 5.56 Å². The normalized spacial score (nSPS) is 15.9. The Labute approximate surface area is 173 Å². The number of esters is 1. The zero-order valence-corrected chi connectivity index (χ0v) is 17.2. The first-order valence-corrected chi connectivity index (χ1v) is 10.4. The van der Waals surface area contributed by atoms with Crippen LogP contribution in [0.1, 0.15) is 40.9 Å². The molecule has 2 heterocycles. The van der Waals surface area contributed by atoms with E-state index in [4.69, 9.17) is 16.3 Å². The molecule has 28 heavy (non-hydrogen) atoms. The first-order valence-electron chi connectivity index (χ1n) is 9.16. The van der Waals surface area contributed by atoms with Crippen molar-refractivity contribution in [2.24, 2.45) is 0 Å². The first kappa shape index (κ1) is 20.6. The summed E-state index contributed by atoms with van der Waals surface area (Å²) in [5.41, 5.74) is 0.190. The summed E-state index contributed by atoms with van der Waals surface area (Å²) in [5.74, 6) is -0.409. The van der Waals surface area contributed by atoms with Crippen molar-refractivity contribution in [2.75, 3.05) is 20.2 Å². The van der Waals surface area contributed by atoms with Gasteiger partial charge in [-0.15, -0.1) is 11.3 Å². The maximum Gasteiger partial charge on any atom is 0.316 e. The van der Waals surface area contributed by atoms with Gasteiger partial charge < -0.3 is 9.64 Å². The fourth-order valence-electron chi connectivity index (χ4n) is 3.67. The van der Waals surface area contributed by atoms with Crippen LogP contribution < -0.4 is 0 Å². The molecular formula is C21H22ClNO4S. The molecule has 1 aliphatic heterocycles. The molecule has 148 valence electrons. The third-order valence-electron chi connectivity index (χ3n) is 5.29. The lowest BCUT2D eigenvalue weighted by Crippen LogP contribution is -2.49. The van der Waals surface area contributed by atoms with Crippen LogP contribution in [0.15, 0.2) is 42.5 Å². The number of methoxy groups -OCH3 is 1. The second kappa shape index (κ2) is 8.88. The molecule has 0 spiro atoms. The standard InChI is InChI=1S/C21H22ClNO4S/c1-27-20(26)21(15-5-3-2-4-6-15)11-13-23(14-12-21)19(25)10-7-16(24)17-8-9-18(22)28-17/h2-6,8-9H,7,10-14H2,1H3. The summed E-state index contributed by atoms with van der Waals surface area (Å²) in [7, 11) is 1.40. The van der Waals surface area contributed by atoms with Gasteiger partial charge in [0.05, 0.1) is 21.7 Å². The molecule has 0 saturated carbocycles. The van der Waals surface area contributed by atoms with Crippen LogP contribution in [0.2, 0.25) is 4.34 Å². The molecule has 1 aromatic carbocycles. The minimum Gasteiger partial charge on any atom is -0.468 e. The number of hydrogen-bond acceptors (Lipinski definition) is 5. The van der Waals surface area contributed by atoms with E-state index in [-0.39, 0.29) is 30.5 Å². The number of rotatable bonds is 6. The molecule has 0 bridgehead atoms. The van der Waals surface area contributed by atoms with Crippen LogP contribution in [-0.4, -0.2) is 42.8 Å². The highest BCUT2D eigenvalue weighted by atomic mass is 35.5. The summed E-state index contributed by atoms with van der Waals surface area (Å²) in [6, 6.07) is 12.9. The molecular weight excluding hydrogens is 398 g/mol. The van der Waals surface area contributed by atoms with E-state index in [1.165, 1.54) is 18.4 Å². The predicted molar refractivity (Wildman–Crippen MR) is 109 cm³/mol. The lowest BCUT2D eigenvalue weighted by Gasteiger charge is -2.40. The van der Waals surface area contributed by atoms with Gasteiger partial charge in [-0.05, 0) is 30.5 Å². The number of piperidine rings is 1. The highest BCUT2D eigenvalue weighted by Crippen LogP contribution is 2.37. The van der Waals surface area contributed by atoms with Gasteiger partial charge in [0.15, 0.2) is 5.78 Å². The third kappa shape index (κ3) is 4.28. The van der Waals surface area contributed by atoms with Crippen LogP contribution in [0.4, 0.5) is 0 Å². The Morgan fingerprint density at radius 3 is 2.32 bits per heavy atom. The number of halogens is 1. The molecule has 0 atom stereocenters.